The molecule has 0 saturated carbocycles. The summed E-state index contributed by atoms with van der Waals surface area (Å²) < 4.78 is 0. The molecule has 0 aromatic rings. The van der Waals surface area contributed by atoms with E-state index in [1.54, 1.807) is 0 Å². The minimum absolute atomic E-state index is 0.318. The van der Waals surface area contributed by atoms with Crippen molar-refractivity contribution in [2.75, 3.05) is 6.54 Å². The average Bonchev–Trinajstić information content (AvgIpc) is 2.33. The molecule has 0 bridgehead atoms. The molecular weight excluding hydrogens is 226 g/mol. The van der Waals surface area contributed by atoms with Gasteiger partial charge in [-0.15, -0.1) is 0 Å². The van der Waals surface area contributed by atoms with Crippen molar-refractivity contribution < 1.29 is 9.90 Å². The second-order valence-electron chi connectivity index (χ2n) is 6.14. The molecule has 1 N–H and O–H groups in total. The smallest absolute Gasteiger partial charge is 0.303 e. The van der Waals surface area contributed by atoms with Gasteiger partial charge in [0.1, 0.15) is 0 Å². The van der Waals surface area contributed by atoms with E-state index in [0.29, 0.717) is 18.5 Å². The Morgan fingerprint density at radius 3 is 2.61 bits per heavy atom. The molecular formula is C15H29NO2. The molecule has 1 rings (SSSR count). The normalized spacial score (nSPS) is 23.2. The van der Waals surface area contributed by atoms with Crippen molar-refractivity contribution >= 4 is 5.97 Å². The third-order valence-electron chi connectivity index (χ3n) is 4.09. The number of hydrogen-bond donors (Lipinski definition) is 1. The van der Waals surface area contributed by atoms with Gasteiger partial charge in [-0.1, -0.05) is 20.3 Å². The highest BCUT2D eigenvalue weighted by molar-refractivity contribution is 5.66. The maximum Gasteiger partial charge on any atom is 0.303 e. The van der Waals surface area contributed by atoms with Gasteiger partial charge >= 0.3 is 5.97 Å². The lowest BCUT2D eigenvalue weighted by Crippen LogP contribution is -2.45. The van der Waals surface area contributed by atoms with Gasteiger partial charge in [0.25, 0.3) is 0 Å². The molecule has 1 fully saturated rings. The fourth-order valence-electron chi connectivity index (χ4n) is 2.94. The van der Waals surface area contributed by atoms with Crippen LogP contribution in [-0.4, -0.2) is 34.6 Å². The molecule has 0 amide bonds. The van der Waals surface area contributed by atoms with Gasteiger partial charge in [-0.05, 0) is 51.5 Å². The van der Waals surface area contributed by atoms with Crippen molar-refractivity contribution in [3.63, 3.8) is 0 Å². The molecule has 2 atom stereocenters. The minimum Gasteiger partial charge on any atom is -0.481 e. The number of carboxylic acid groups (broad SMARTS) is 1. The molecule has 3 heteroatoms. The van der Waals surface area contributed by atoms with Crippen LogP contribution in [0.5, 0.6) is 0 Å². The molecule has 0 radical (unpaired) electrons. The van der Waals surface area contributed by atoms with Crippen LogP contribution in [0.15, 0.2) is 0 Å². The summed E-state index contributed by atoms with van der Waals surface area (Å²) in [6.07, 6.45) is 7.36. The van der Waals surface area contributed by atoms with Gasteiger partial charge in [-0.2, -0.15) is 0 Å². The first-order valence-corrected chi connectivity index (χ1v) is 7.48. The molecule has 1 saturated heterocycles. The summed E-state index contributed by atoms with van der Waals surface area (Å²) in [6.45, 7) is 8.00. The second-order valence-corrected chi connectivity index (χ2v) is 6.14. The Morgan fingerprint density at radius 2 is 2.00 bits per heavy atom. The highest BCUT2D eigenvalue weighted by Gasteiger charge is 2.26. The monoisotopic (exact) mass is 255 g/mol. The summed E-state index contributed by atoms with van der Waals surface area (Å²) in [5, 5.41) is 8.83. The third kappa shape index (κ3) is 5.38. The van der Waals surface area contributed by atoms with Crippen LogP contribution < -0.4 is 0 Å². The van der Waals surface area contributed by atoms with Crippen LogP contribution in [0.3, 0.4) is 0 Å². The highest BCUT2D eigenvalue weighted by Crippen LogP contribution is 2.25. The van der Waals surface area contributed by atoms with E-state index in [-0.39, 0.29) is 0 Å². The molecule has 0 aliphatic carbocycles. The van der Waals surface area contributed by atoms with E-state index in [9.17, 15) is 4.79 Å². The maximum atomic E-state index is 10.7. The Bertz CT molecular complexity index is 253. The van der Waals surface area contributed by atoms with Crippen LogP contribution in [-0.2, 0) is 4.79 Å². The Kier molecular flexibility index (Phi) is 6.69. The van der Waals surface area contributed by atoms with Crippen molar-refractivity contribution in [2.45, 2.75) is 77.8 Å². The molecule has 2 unspecified atom stereocenters. The molecule has 0 aromatic heterocycles. The van der Waals surface area contributed by atoms with Crippen LogP contribution in [0, 0.1) is 5.92 Å². The van der Waals surface area contributed by atoms with Crippen LogP contribution in [0.25, 0.3) is 0 Å². The van der Waals surface area contributed by atoms with E-state index in [2.05, 4.69) is 25.7 Å². The molecule has 106 valence electrons. The zero-order valence-corrected chi connectivity index (χ0v) is 12.2. The number of likely N-dealkylation sites (tertiary alicyclic amines) is 1. The number of rotatable bonds is 7. The van der Waals surface area contributed by atoms with Gasteiger partial charge in [-0.3, -0.25) is 9.69 Å². The fourth-order valence-corrected chi connectivity index (χ4v) is 2.94. The predicted molar refractivity (Wildman–Crippen MR) is 74.7 cm³/mol. The first kappa shape index (κ1) is 15.5. The summed E-state index contributed by atoms with van der Waals surface area (Å²) in [6, 6.07) is 1.10. The summed E-state index contributed by atoms with van der Waals surface area (Å²) in [7, 11) is 0. The van der Waals surface area contributed by atoms with Crippen molar-refractivity contribution in [3.8, 4) is 0 Å². The van der Waals surface area contributed by atoms with Gasteiger partial charge in [0.05, 0.1) is 0 Å². The number of piperidine rings is 1. The van der Waals surface area contributed by atoms with Crippen LogP contribution in [0.1, 0.15) is 65.7 Å². The van der Waals surface area contributed by atoms with Gasteiger partial charge < -0.3 is 5.11 Å². The lowest BCUT2D eigenvalue weighted by Gasteiger charge is -2.40. The summed E-state index contributed by atoms with van der Waals surface area (Å²) in [5.74, 6) is 0.102. The summed E-state index contributed by atoms with van der Waals surface area (Å²) in [4.78, 5) is 13.3. The van der Waals surface area contributed by atoms with Gasteiger partial charge in [-0.25, -0.2) is 0 Å². The molecule has 1 heterocycles. The summed E-state index contributed by atoms with van der Waals surface area (Å²) >= 11 is 0. The van der Waals surface area contributed by atoms with Crippen molar-refractivity contribution in [3.05, 3.63) is 0 Å². The van der Waals surface area contributed by atoms with E-state index in [4.69, 9.17) is 5.11 Å². The Hall–Kier alpha value is -0.570. The topological polar surface area (TPSA) is 40.5 Å². The molecule has 1 aliphatic heterocycles. The first-order chi connectivity index (χ1) is 8.50. The van der Waals surface area contributed by atoms with Gasteiger partial charge in [0.15, 0.2) is 0 Å². The van der Waals surface area contributed by atoms with Crippen LogP contribution in [0.2, 0.25) is 0 Å². The Balaban J connectivity index is 2.44. The van der Waals surface area contributed by atoms with E-state index >= 15 is 0 Å². The van der Waals surface area contributed by atoms with Crippen LogP contribution >= 0.6 is 0 Å². The Morgan fingerprint density at radius 1 is 1.28 bits per heavy atom. The molecule has 3 nitrogen and oxygen atoms in total. The largest absolute Gasteiger partial charge is 0.481 e. The predicted octanol–water partition coefficient (Wildman–Crippen LogP) is 3.53. The highest BCUT2D eigenvalue weighted by atomic mass is 16.4. The number of carboxylic acids is 1. The molecule has 1 aliphatic rings. The lowest BCUT2D eigenvalue weighted by atomic mass is 9.94. The fraction of sp³-hybridized carbons (Fsp3) is 0.933. The number of aliphatic carboxylic acids is 1. The molecule has 0 aromatic carbocycles. The standard InChI is InChI=1S/C15H29NO2/c1-12(2)7-8-13(3)16-11-5-4-6-14(16)9-10-15(17)18/h12-14H,4-11H2,1-3H3,(H,17,18). The first-order valence-electron chi connectivity index (χ1n) is 7.48. The quantitative estimate of drug-likeness (QED) is 0.756. The number of carbonyl (C=O) groups is 1. The SMILES string of the molecule is CC(C)CCC(C)N1CCCCC1CCC(=O)O. The van der Waals surface area contributed by atoms with Crippen molar-refractivity contribution in [1.29, 1.82) is 0 Å². The lowest BCUT2D eigenvalue weighted by molar-refractivity contribution is -0.137. The van der Waals surface area contributed by atoms with Crippen molar-refractivity contribution in [2.24, 2.45) is 5.92 Å². The minimum atomic E-state index is -0.657. The zero-order chi connectivity index (χ0) is 13.5. The maximum absolute atomic E-state index is 10.7. The van der Waals surface area contributed by atoms with E-state index in [0.717, 1.165) is 18.9 Å². The van der Waals surface area contributed by atoms with Gasteiger partial charge in [0, 0.05) is 18.5 Å². The molecule has 18 heavy (non-hydrogen) atoms. The van der Waals surface area contributed by atoms with Crippen LogP contribution in [0.4, 0.5) is 0 Å². The van der Waals surface area contributed by atoms with Crippen molar-refractivity contribution in [1.82, 2.24) is 4.90 Å². The second kappa shape index (κ2) is 7.78. The number of hydrogen-bond acceptors (Lipinski definition) is 2. The summed E-state index contributed by atoms with van der Waals surface area (Å²) in [5.41, 5.74) is 0. The third-order valence-corrected chi connectivity index (χ3v) is 4.09. The van der Waals surface area contributed by atoms with E-state index in [1.807, 2.05) is 0 Å². The van der Waals surface area contributed by atoms with E-state index < -0.39 is 5.97 Å². The zero-order valence-electron chi connectivity index (χ0n) is 12.2. The Labute approximate surface area is 112 Å². The van der Waals surface area contributed by atoms with E-state index in [1.165, 1.54) is 32.1 Å². The number of nitrogens with zero attached hydrogens (tertiary/aromatic N) is 1. The average molecular weight is 255 g/mol. The van der Waals surface area contributed by atoms with Gasteiger partial charge in [0.2, 0.25) is 0 Å². The molecule has 0 spiro atoms.